The van der Waals surface area contributed by atoms with Gasteiger partial charge < -0.3 is 14.3 Å². The van der Waals surface area contributed by atoms with Crippen LogP contribution in [0.3, 0.4) is 0 Å². The molecular weight excluding hydrogens is 182 g/mol. The van der Waals surface area contributed by atoms with Gasteiger partial charge >= 0.3 is 0 Å². The average molecular weight is 189 g/mol. The summed E-state index contributed by atoms with van der Waals surface area (Å²) in [6.07, 6.45) is 0. The Balaban J connectivity index is 2.74. The Labute approximate surface area is 79.9 Å². The Morgan fingerprint density at radius 3 is 2.93 bits per heavy atom. The second kappa shape index (κ2) is 2.96. The standard InChI is InChI=1S/C10H7NO3/c1-13-6-2-3-7-8(4-6)14-9(5-11)10(7)12/h2-4,12H,1H3. The lowest BCUT2D eigenvalue weighted by Crippen LogP contribution is -1.80. The van der Waals surface area contributed by atoms with Crippen molar-refractivity contribution in [3.8, 4) is 17.6 Å². The first-order valence-corrected chi connectivity index (χ1v) is 3.96. The predicted octanol–water partition coefficient (Wildman–Crippen LogP) is 2.02. The molecule has 1 aromatic carbocycles. The number of rotatable bonds is 1. The molecule has 1 heterocycles. The lowest BCUT2D eigenvalue weighted by Gasteiger charge is -1.96. The molecule has 0 aliphatic carbocycles. The lowest BCUT2D eigenvalue weighted by molar-refractivity contribution is 0.414. The number of furan rings is 1. The molecule has 0 fully saturated rings. The van der Waals surface area contributed by atoms with Gasteiger partial charge in [0.05, 0.1) is 12.5 Å². The summed E-state index contributed by atoms with van der Waals surface area (Å²) in [5.41, 5.74) is 0.443. The molecule has 2 aromatic rings. The molecular formula is C10H7NO3. The maximum Gasteiger partial charge on any atom is 0.246 e. The Morgan fingerprint density at radius 2 is 2.29 bits per heavy atom. The summed E-state index contributed by atoms with van der Waals surface area (Å²) in [6.45, 7) is 0. The molecule has 0 bridgehead atoms. The van der Waals surface area contributed by atoms with E-state index in [-0.39, 0.29) is 11.5 Å². The highest BCUT2D eigenvalue weighted by Crippen LogP contribution is 2.33. The summed E-state index contributed by atoms with van der Waals surface area (Å²) in [5.74, 6) is 0.425. The molecule has 0 radical (unpaired) electrons. The number of fused-ring (bicyclic) bond motifs is 1. The molecule has 1 N–H and O–H groups in total. The summed E-state index contributed by atoms with van der Waals surface area (Å²) in [5, 5.41) is 18.6. The molecule has 0 saturated heterocycles. The van der Waals surface area contributed by atoms with Crippen LogP contribution in [0.5, 0.6) is 11.5 Å². The van der Waals surface area contributed by atoms with E-state index < -0.39 is 0 Å². The zero-order chi connectivity index (χ0) is 10.1. The van der Waals surface area contributed by atoms with Crippen LogP contribution in [0.1, 0.15) is 5.76 Å². The van der Waals surface area contributed by atoms with Gasteiger partial charge in [0.25, 0.3) is 0 Å². The van der Waals surface area contributed by atoms with E-state index in [1.54, 1.807) is 24.3 Å². The van der Waals surface area contributed by atoms with Crippen molar-refractivity contribution in [2.45, 2.75) is 0 Å². The van der Waals surface area contributed by atoms with Crippen molar-refractivity contribution in [1.82, 2.24) is 0 Å². The van der Waals surface area contributed by atoms with Crippen LogP contribution < -0.4 is 4.74 Å². The number of benzene rings is 1. The molecule has 0 aliphatic heterocycles. The molecule has 0 saturated carbocycles. The van der Waals surface area contributed by atoms with Gasteiger partial charge in [-0.25, -0.2) is 0 Å². The van der Waals surface area contributed by atoms with Crippen molar-refractivity contribution in [2.75, 3.05) is 7.11 Å². The van der Waals surface area contributed by atoms with E-state index in [2.05, 4.69) is 0 Å². The van der Waals surface area contributed by atoms with Crippen LogP contribution in [0, 0.1) is 11.3 Å². The fraction of sp³-hybridized carbons (Fsp3) is 0.100. The van der Waals surface area contributed by atoms with E-state index in [9.17, 15) is 5.11 Å². The first-order valence-electron chi connectivity index (χ1n) is 3.96. The molecule has 0 unspecified atom stereocenters. The van der Waals surface area contributed by atoms with Crippen LogP contribution in [-0.4, -0.2) is 12.2 Å². The number of ether oxygens (including phenoxy) is 1. The highest BCUT2D eigenvalue weighted by Gasteiger charge is 2.12. The van der Waals surface area contributed by atoms with Gasteiger partial charge in [-0.05, 0) is 12.1 Å². The van der Waals surface area contributed by atoms with Crippen molar-refractivity contribution < 1.29 is 14.3 Å². The summed E-state index contributed by atoms with van der Waals surface area (Å²) < 4.78 is 10.1. The van der Waals surface area contributed by atoms with Crippen LogP contribution in [0.4, 0.5) is 0 Å². The van der Waals surface area contributed by atoms with Gasteiger partial charge in [-0.15, -0.1) is 0 Å². The maximum atomic E-state index is 9.50. The van der Waals surface area contributed by atoms with Crippen molar-refractivity contribution in [1.29, 1.82) is 5.26 Å². The van der Waals surface area contributed by atoms with Gasteiger partial charge in [0.1, 0.15) is 17.4 Å². The maximum absolute atomic E-state index is 9.50. The third-order valence-corrected chi connectivity index (χ3v) is 1.97. The van der Waals surface area contributed by atoms with Crippen LogP contribution in [0.25, 0.3) is 11.0 Å². The van der Waals surface area contributed by atoms with Gasteiger partial charge in [-0.2, -0.15) is 5.26 Å². The van der Waals surface area contributed by atoms with Crippen LogP contribution in [-0.2, 0) is 0 Å². The van der Waals surface area contributed by atoms with Crippen LogP contribution in [0.15, 0.2) is 22.6 Å². The van der Waals surface area contributed by atoms with Crippen molar-refractivity contribution >= 4 is 11.0 Å². The summed E-state index contributed by atoms with van der Waals surface area (Å²) >= 11 is 0. The van der Waals surface area contributed by atoms with Crippen LogP contribution in [0.2, 0.25) is 0 Å². The zero-order valence-electron chi connectivity index (χ0n) is 7.44. The third-order valence-electron chi connectivity index (χ3n) is 1.97. The topological polar surface area (TPSA) is 66.4 Å². The number of hydrogen-bond acceptors (Lipinski definition) is 4. The highest BCUT2D eigenvalue weighted by atomic mass is 16.5. The molecule has 0 atom stereocenters. The van der Waals surface area contributed by atoms with Gasteiger partial charge in [0.15, 0.2) is 5.75 Å². The zero-order valence-corrected chi connectivity index (χ0v) is 7.44. The summed E-state index contributed by atoms with van der Waals surface area (Å²) in [7, 11) is 1.54. The van der Waals surface area contributed by atoms with E-state index in [1.165, 1.54) is 7.11 Å². The van der Waals surface area contributed by atoms with Gasteiger partial charge in [-0.3, -0.25) is 0 Å². The first kappa shape index (κ1) is 8.45. The highest BCUT2D eigenvalue weighted by molar-refractivity contribution is 5.87. The fourth-order valence-electron chi connectivity index (χ4n) is 1.27. The van der Waals surface area contributed by atoms with Crippen molar-refractivity contribution in [3.05, 3.63) is 24.0 Å². The Morgan fingerprint density at radius 1 is 1.50 bits per heavy atom. The quantitative estimate of drug-likeness (QED) is 0.745. The SMILES string of the molecule is COc1ccc2c(O)c(C#N)oc2c1. The minimum Gasteiger partial charge on any atom is -0.503 e. The van der Waals surface area contributed by atoms with Crippen molar-refractivity contribution in [3.63, 3.8) is 0 Å². The van der Waals surface area contributed by atoms with E-state index in [0.717, 1.165) is 0 Å². The minimum absolute atomic E-state index is 0.0757. The summed E-state index contributed by atoms with van der Waals surface area (Å²) in [4.78, 5) is 0. The monoisotopic (exact) mass is 189 g/mol. The predicted molar refractivity (Wildman–Crippen MR) is 49.1 cm³/mol. The normalized spacial score (nSPS) is 10.0. The first-order chi connectivity index (χ1) is 6.76. The molecule has 14 heavy (non-hydrogen) atoms. The molecule has 4 nitrogen and oxygen atoms in total. The third kappa shape index (κ3) is 1.07. The van der Waals surface area contributed by atoms with Crippen molar-refractivity contribution in [2.24, 2.45) is 0 Å². The second-order valence-electron chi connectivity index (χ2n) is 2.75. The second-order valence-corrected chi connectivity index (χ2v) is 2.75. The van der Waals surface area contributed by atoms with E-state index in [1.807, 2.05) is 0 Å². The number of nitriles is 1. The molecule has 70 valence electrons. The average Bonchev–Trinajstić information content (AvgIpc) is 2.55. The number of hydrogen-bond donors (Lipinski definition) is 1. The van der Waals surface area contributed by atoms with Gasteiger partial charge in [0.2, 0.25) is 5.76 Å². The van der Waals surface area contributed by atoms with E-state index in [4.69, 9.17) is 14.4 Å². The number of nitrogens with zero attached hydrogens (tertiary/aromatic N) is 1. The lowest BCUT2D eigenvalue weighted by atomic mass is 10.2. The summed E-state index contributed by atoms with van der Waals surface area (Å²) in [6, 6.07) is 6.73. The fourth-order valence-corrected chi connectivity index (χ4v) is 1.27. The molecule has 0 amide bonds. The Hall–Kier alpha value is -2.15. The minimum atomic E-state index is -0.120. The Kier molecular flexibility index (Phi) is 1.79. The Bertz CT molecular complexity index is 522. The van der Waals surface area contributed by atoms with E-state index in [0.29, 0.717) is 16.7 Å². The molecule has 0 spiro atoms. The number of aromatic hydroxyl groups is 1. The molecule has 2 rings (SSSR count). The largest absolute Gasteiger partial charge is 0.503 e. The molecule has 1 aromatic heterocycles. The van der Waals surface area contributed by atoms with E-state index >= 15 is 0 Å². The number of methoxy groups -OCH3 is 1. The molecule has 0 aliphatic rings. The van der Waals surface area contributed by atoms with Crippen LogP contribution >= 0.6 is 0 Å². The van der Waals surface area contributed by atoms with Gasteiger partial charge in [0, 0.05) is 6.07 Å². The molecule has 4 heteroatoms. The van der Waals surface area contributed by atoms with Gasteiger partial charge in [-0.1, -0.05) is 0 Å². The smallest absolute Gasteiger partial charge is 0.246 e.